The zero-order chi connectivity index (χ0) is 35.7. The van der Waals surface area contributed by atoms with Crippen LogP contribution in [0.15, 0.2) is 109 Å². The quantitative estimate of drug-likeness (QED) is 0.0915. The fourth-order valence-corrected chi connectivity index (χ4v) is 4.76. The molecule has 13 heteroatoms. The molecule has 6 N–H and O–H groups in total. The van der Waals surface area contributed by atoms with Crippen LogP contribution in [-0.2, 0) is 59.6 Å². The highest BCUT2D eigenvalue weighted by atomic mass is 35.5. The van der Waals surface area contributed by atoms with Crippen LogP contribution in [0.3, 0.4) is 0 Å². The molecule has 2 atom stereocenters. The molecule has 51 heavy (non-hydrogen) atoms. The van der Waals surface area contributed by atoms with Crippen molar-refractivity contribution in [2.24, 2.45) is 0 Å². The summed E-state index contributed by atoms with van der Waals surface area (Å²) in [6.07, 6.45) is 0.143. The monoisotopic (exact) mass is 716 g/mol. The highest BCUT2D eigenvalue weighted by Crippen LogP contribution is 2.13. The van der Waals surface area contributed by atoms with Gasteiger partial charge in [0, 0.05) is 25.1 Å². The zero-order valence-corrected chi connectivity index (χ0v) is 28.9. The van der Waals surface area contributed by atoms with Gasteiger partial charge in [-0.05, 0) is 52.9 Å². The minimum atomic E-state index is -1.02. The summed E-state index contributed by atoms with van der Waals surface area (Å²) < 4.78 is 15.6. The highest BCUT2D eigenvalue weighted by Gasteiger charge is 2.27. The fourth-order valence-electron chi connectivity index (χ4n) is 4.76. The standard InChI is InChI=1S/C38H40N4O8.ClH/c1-48-31-18-14-27(15-19-31)23-40-36(45)33(20-21-34(43)49-24-28-8-4-2-5-9-28)42-35(44)32(39)22-26-12-16-30(17-13-26)41-37(46)38(47)50-25-29-10-6-3-7-11-29;/h2-19,32-33H,20-25,39H2,1H3,(H,40,45)(H,41,46)(H,42,44);1H/t32-,33-;/m0./s1. The molecule has 0 bridgehead atoms. The van der Waals surface area contributed by atoms with E-state index in [1.807, 2.05) is 48.5 Å². The van der Waals surface area contributed by atoms with E-state index in [-0.39, 0.29) is 51.4 Å². The van der Waals surface area contributed by atoms with Gasteiger partial charge in [0.2, 0.25) is 5.91 Å². The second-order valence-electron chi connectivity index (χ2n) is 11.4. The molecule has 0 unspecified atom stereocenters. The minimum absolute atomic E-state index is 0. The normalized spacial score (nSPS) is 11.5. The van der Waals surface area contributed by atoms with Gasteiger partial charge in [-0.2, -0.15) is 0 Å². The van der Waals surface area contributed by atoms with Crippen molar-refractivity contribution in [2.45, 2.75) is 51.1 Å². The van der Waals surface area contributed by atoms with Crippen LogP contribution in [0.4, 0.5) is 5.69 Å². The number of rotatable bonds is 16. The summed E-state index contributed by atoms with van der Waals surface area (Å²) in [5, 5.41) is 8.06. The molecular weight excluding hydrogens is 676 g/mol. The number of hydrogen-bond acceptors (Lipinski definition) is 8. The lowest BCUT2D eigenvalue weighted by Gasteiger charge is -2.20. The van der Waals surface area contributed by atoms with Crippen LogP contribution in [0.1, 0.15) is 35.1 Å². The molecule has 0 aliphatic carbocycles. The van der Waals surface area contributed by atoms with E-state index in [2.05, 4.69) is 21.7 Å². The Labute approximate surface area is 302 Å². The van der Waals surface area contributed by atoms with Gasteiger partial charge in [-0.3, -0.25) is 19.2 Å². The maximum absolute atomic E-state index is 13.2. The smallest absolute Gasteiger partial charge is 0.397 e. The van der Waals surface area contributed by atoms with Gasteiger partial charge >= 0.3 is 17.8 Å². The molecule has 0 aliphatic rings. The van der Waals surface area contributed by atoms with E-state index in [1.165, 1.54) is 0 Å². The van der Waals surface area contributed by atoms with E-state index in [1.54, 1.807) is 67.8 Å². The number of nitrogens with one attached hydrogen (secondary N) is 3. The van der Waals surface area contributed by atoms with Crippen molar-refractivity contribution in [2.75, 3.05) is 12.4 Å². The molecule has 268 valence electrons. The number of amides is 3. The molecule has 0 saturated carbocycles. The Bertz CT molecular complexity index is 1720. The van der Waals surface area contributed by atoms with Crippen molar-refractivity contribution in [1.82, 2.24) is 10.6 Å². The number of benzene rings is 4. The average Bonchev–Trinajstić information content (AvgIpc) is 3.15. The first-order valence-corrected chi connectivity index (χ1v) is 16.0. The maximum Gasteiger partial charge on any atom is 0.397 e. The van der Waals surface area contributed by atoms with Crippen molar-refractivity contribution in [3.63, 3.8) is 0 Å². The van der Waals surface area contributed by atoms with Crippen LogP contribution in [0.25, 0.3) is 0 Å². The molecule has 4 aromatic rings. The molecule has 0 fully saturated rings. The van der Waals surface area contributed by atoms with E-state index < -0.39 is 41.7 Å². The number of quaternary nitrogens is 1. The second-order valence-corrected chi connectivity index (χ2v) is 11.4. The SMILES string of the molecule is COc1ccc(CNC(=O)[C@H](CCC(=O)OCc2ccccc2)NC(=O)[C@@H]([NH3+])Cc2ccc(NC(=O)C(=O)OCc3ccccc3)cc2)cc1.[Cl-]. The summed E-state index contributed by atoms with van der Waals surface area (Å²) in [5.74, 6) is -2.69. The predicted molar refractivity (Wildman–Crippen MR) is 184 cm³/mol. The van der Waals surface area contributed by atoms with Gasteiger partial charge in [0.25, 0.3) is 5.91 Å². The molecule has 12 nitrogen and oxygen atoms in total. The first-order chi connectivity index (χ1) is 24.2. The van der Waals surface area contributed by atoms with Crippen LogP contribution in [-0.4, -0.2) is 48.9 Å². The lowest BCUT2D eigenvalue weighted by molar-refractivity contribution is -0.403. The number of carbonyl (C=O) groups is 5. The highest BCUT2D eigenvalue weighted by molar-refractivity contribution is 6.37. The Kier molecular flexibility index (Phi) is 16.1. The number of esters is 2. The molecule has 0 radical (unpaired) electrons. The van der Waals surface area contributed by atoms with Gasteiger partial charge in [0.05, 0.1) is 7.11 Å². The van der Waals surface area contributed by atoms with Gasteiger partial charge in [0.1, 0.15) is 25.0 Å². The summed E-state index contributed by atoms with van der Waals surface area (Å²) >= 11 is 0. The van der Waals surface area contributed by atoms with Crippen LogP contribution in [0.5, 0.6) is 5.75 Å². The lowest BCUT2D eigenvalue weighted by Crippen LogP contribution is -3.00. The molecule has 0 spiro atoms. The van der Waals surface area contributed by atoms with Gasteiger partial charge in [-0.1, -0.05) is 84.9 Å². The number of hydrogen-bond donors (Lipinski definition) is 4. The van der Waals surface area contributed by atoms with E-state index in [4.69, 9.17) is 14.2 Å². The summed E-state index contributed by atoms with van der Waals surface area (Å²) in [4.78, 5) is 63.4. The van der Waals surface area contributed by atoms with E-state index in [9.17, 15) is 24.0 Å². The Morgan fingerprint density at radius 3 is 1.84 bits per heavy atom. The Balaban J connectivity index is 0.00000702. The largest absolute Gasteiger partial charge is 1.00 e. The van der Waals surface area contributed by atoms with Crippen molar-refractivity contribution in [3.05, 3.63) is 131 Å². The maximum atomic E-state index is 13.2. The van der Waals surface area contributed by atoms with E-state index in [0.29, 0.717) is 11.4 Å². The first kappa shape index (κ1) is 39.7. The number of ether oxygens (including phenoxy) is 3. The topological polar surface area (TPSA) is 177 Å². The van der Waals surface area contributed by atoms with Crippen molar-refractivity contribution in [3.8, 4) is 5.75 Å². The zero-order valence-electron chi connectivity index (χ0n) is 28.1. The predicted octanol–water partition coefficient (Wildman–Crippen LogP) is -0.141. The molecule has 0 heterocycles. The van der Waals surface area contributed by atoms with Crippen molar-refractivity contribution < 1.29 is 56.3 Å². The molecule has 4 aromatic carbocycles. The van der Waals surface area contributed by atoms with Crippen LogP contribution < -0.4 is 38.8 Å². The molecular formula is C38H41ClN4O8. The van der Waals surface area contributed by atoms with Gasteiger partial charge in [0.15, 0.2) is 6.04 Å². The third-order valence-electron chi connectivity index (χ3n) is 7.60. The van der Waals surface area contributed by atoms with Crippen LogP contribution >= 0.6 is 0 Å². The second kappa shape index (κ2) is 20.7. The summed E-state index contributed by atoms with van der Waals surface area (Å²) in [7, 11) is 1.56. The molecule has 4 rings (SSSR count). The number of carbonyl (C=O) groups excluding carboxylic acids is 5. The lowest BCUT2D eigenvalue weighted by atomic mass is 10.0. The van der Waals surface area contributed by atoms with Crippen molar-refractivity contribution >= 4 is 35.3 Å². The third-order valence-corrected chi connectivity index (χ3v) is 7.60. The Morgan fingerprint density at radius 2 is 1.25 bits per heavy atom. The van der Waals surface area contributed by atoms with Crippen LogP contribution in [0, 0.1) is 0 Å². The molecule has 0 aliphatic heterocycles. The average molecular weight is 717 g/mol. The first-order valence-electron chi connectivity index (χ1n) is 16.0. The van der Waals surface area contributed by atoms with Crippen molar-refractivity contribution in [1.29, 1.82) is 0 Å². The summed E-state index contributed by atoms with van der Waals surface area (Å²) in [6.45, 7) is 0.278. The minimum Gasteiger partial charge on any atom is -1.00 e. The number of anilines is 1. The summed E-state index contributed by atoms with van der Waals surface area (Å²) in [6, 6.07) is 30.2. The Morgan fingerprint density at radius 1 is 0.686 bits per heavy atom. The third kappa shape index (κ3) is 13.6. The van der Waals surface area contributed by atoms with Gasteiger partial charge in [-0.25, -0.2) is 4.79 Å². The van der Waals surface area contributed by atoms with Gasteiger partial charge < -0.3 is 48.3 Å². The molecule has 0 aromatic heterocycles. The van der Waals surface area contributed by atoms with Gasteiger partial charge in [-0.15, -0.1) is 0 Å². The number of methoxy groups -OCH3 is 1. The fraction of sp³-hybridized carbons (Fsp3) is 0.237. The van der Waals surface area contributed by atoms with E-state index >= 15 is 0 Å². The molecule has 3 amide bonds. The van der Waals surface area contributed by atoms with E-state index in [0.717, 1.165) is 22.3 Å². The summed E-state index contributed by atoms with van der Waals surface area (Å²) in [5.41, 5.74) is 7.49. The van der Waals surface area contributed by atoms with Crippen LogP contribution in [0.2, 0.25) is 0 Å². The Hall–Kier alpha value is -5.72. The number of halogens is 1. The molecule has 0 saturated heterocycles.